The second-order valence-corrected chi connectivity index (χ2v) is 9.56. The molecule has 0 N–H and O–H groups in total. The van der Waals surface area contributed by atoms with Gasteiger partial charge in [-0.1, -0.05) is 20.8 Å². The van der Waals surface area contributed by atoms with Crippen LogP contribution in [0.3, 0.4) is 0 Å². The fourth-order valence-electron chi connectivity index (χ4n) is 4.54. The largest absolute Gasteiger partial charge is 0.373 e. The molecule has 2 atom stereocenters. The average molecular weight is 387 g/mol. The number of hydrogen-bond donors (Lipinski definition) is 0. The molecule has 0 spiro atoms. The Morgan fingerprint density at radius 1 is 1.04 bits per heavy atom. The van der Waals surface area contributed by atoms with E-state index in [-0.39, 0.29) is 5.41 Å². The number of rotatable bonds is 2. The van der Waals surface area contributed by atoms with Gasteiger partial charge in [0.1, 0.15) is 11.6 Å². The van der Waals surface area contributed by atoms with E-state index in [2.05, 4.69) is 49.5 Å². The lowest BCUT2D eigenvalue weighted by atomic mass is 9.95. The van der Waals surface area contributed by atoms with Crippen LogP contribution in [0.15, 0.2) is 6.20 Å². The Bertz CT molecular complexity index is 823. The number of hydrogen-bond acceptors (Lipinski definition) is 6. The van der Waals surface area contributed by atoms with Crippen molar-refractivity contribution in [1.82, 2.24) is 24.6 Å². The quantitative estimate of drug-likeness (QED) is 0.791. The molecule has 2 fully saturated rings. The van der Waals surface area contributed by atoms with Gasteiger partial charge in [0.05, 0.1) is 23.8 Å². The number of fused-ring (bicyclic) bond motifs is 1. The minimum atomic E-state index is -0.0917. The second-order valence-electron chi connectivity index (χ2n) is 9.56. The van der Waals surface area contributed by atoms with Gasteiger partial charge in [-0.3, -0.25) is 9.58 Å². The highest BCUT2D eigenvalue weighted by molar-refractivity contribution is 5.87. The second kappa shape index (κ2) is 7.26. The van der Waals surface area contributed by atoms with Gasteiger partial charge in [-0.05, 0) is 26.7 Å². The predicted octanol–water partition coefficient (Wildman–Crippen LogP) is 2.74. The molecule has 4 heterocycles. The molecule has 0 unspecified atom stereocenters. The molecule has 0 bridgehead atoms. The number of nitrogens with zero attached hydrogens (tertiary/aromatic N) is 6. The zero-order chi connectivity index (χ0) is 20.1. The molecule has 2 aromatic rings. The van der Waals surface area contributed by atoms with Crippen LogP contribution < -0.4 is 4.90 Å². The van der Waals surface area contributed by atoms with Gasteiger partial charge in [-0.25, -0.2) is 9.97 Å². The number of aryl methyl sites for hydroxylation is 1. The van der Waals surface area contributed by atoms with Crippen molar-refractivity contribution < 1.29 is 4.74 Å². The third-order valence-corrected chi connectivity index (χ3v) is 5.97. The zero-order valence-electron chi connectivity index (χ0n) is 18.1. The summed E-state index contributed by atoms with van der Waals surface area (Å²) in [6, 6.07) is 0.637. The van der Waals surface area contributed by atoms with Crippen LogP contribution in [0.1, 0.15) is 53.3 Å². The Hall–Kier alpha value is -1.73. The first-order valence-electron chi connectivity index (χ1n) is 10.6. The average Bonchev–Trinajstić information content (AvgIpc) is 3.01. The van der Waals surface area contributed by atoms with Crippen LogP contribution in [0.5, 0.6) is 0 Å². The molecule has 0 amide bonds. The normalized spacial score (nSPS) is 25.6. The van der Waals surface area contributed by atoms with E-state index in [0.717, 1.165) is 61.7 Å². The van der Waals surface area contributed by atoms with Crippen molar-refractivity contribution in [2.75, 3.05) is 31.1 Å². The van der Waals surface area contributed by atoms with Gasteiger partial charge in [0, 0.05) is 44.7 Å². The van der Waals surface area contributed by atoms with E-state index in [9.17, 15) is 0 Å². The fourth-order valence-corrected chi connectivity index (χ4v) is 4.54. The lowest BCUT2D eigenvalue weighted by Crippen LogP contribution is -2.53. The van der Waals surface area contributed by atoms with E-state index < -0.39 is 0 Å². The lowest BCUT2D eigenvalue weighted by molar-refractivity contribution is -0.0826. The first-order chi connectivity index (χ1) is 13.2. The van der Waals surface area contributed by atoms with E-state index in [1.165, 1.54) is 0 Å². The molecule has 2 aliphatic heterocycles. The third kappa shape index (κ3) is 3.74. The minimum absolute atomic E-state index is 0.0917. The zero-order valence-corrected chi connectivity index (χ0v) is 18.1. The van der Waals surface area contributed by atoms with Gasteiger partial charge >= 0.3 is 0 Å². The molecule has 7 nitrogen and oxygen atoms in total. The highest BCUT2D eigenvalue weighted by Crippen LogP contribution is 2.31. The van der Waals surface area contributed by atoms with E-state index in [0.29, 0.717) is 18.2 Å². The van der Waals surface area contributed by atoms with Crippen LogP contribution in [-0.4, -0.2) is 69.1 Å². The predicted molar refractivity (Wildman–Crippen MR) is 112 cm³/mol. The maximum atomic E-state index is 5.91. The smallest absolute Gasteiger partial charge is 0.163 e. The summed E-state index contributed by atoms with van der Waals surface area (Å²) in [7, 11) is 1.96. The van der Waals surface area contributed by atoms with E-state index in [4.69, 9.17) is 14.7 Å². The topological polar surface area (TPSA) is 59.3 Å². The van der Waals surface area contributed by atoms with Gasteiger partial charge in [0.2, 0.25) is 0 Å². The Kier molecular flexibility index (Phi) is 5.08. The van der Waals surface area contributed by atoms with E-state index in [1.807, 2.05) is 17.9 Å². The van der Waals surface area contributed by atoms with Crippen molar-refractivity contribution in [3.05, 3.63) is 12.0 Å². The van der Waals surface area contributed by atoms with Crippen LogP contribution in [-0.2, 0) is 17.2 Å². The highest BCUT2D eigenvalue weighted by Gasteiger charge is 2.32. The molecule has 7 heteroatoms. The first kappa shape index (κ1) is 19.6. The van der Waals surface area contributed by atoms with Crippen LogP contribution >= 0.6 is 0 Å². The fraction of sp³-hybridized carbons (Fsp3) is 0.762. The Morgan fingerprint density at radius 2 is 1.68 bits per heavy atom. The number of aromatic nitrogens is 4. The first-order valence-corrected chi connectivity index (χ1v) is 10.6. The maximum Gasteiger partial charge on any atom is 0.163 e. The summed E-state index contributed by atoms with van der Waals surface area (Å²) < 4.78 is 7.77. The number of anilines is 1. The molecular formula is C21H34N6O. The lowest BCUT2D eigenvalue weighted by Gasteiger charge is -2.44. The van der Waals surface area contributed by atoms with Gasteiger partial charge in [-0.15, -0.1) is 0 Å². The summed E-state index contributed by atoms with van der Waals surface area (Å²) in [6.07, 6.45) is 4.89. The summed E-state index contributed by atoms with van der Waals surface area (Å²) in [5, 5.41) is 5.50. The Morgan fingerprint density at radius 3 is 2.29 bits per heavy atom. The molecule has 4 rings (SSSR count). The van der Waals surface area contributed by atoms with Crippen molar-refractivity contribution in [3.8, 4) is 0 Å². The Labute approximate surface area is 168 Å². The Balaban J connectivity index is 1.55. The molecular weight excluding hydrogens is 352 g/mol. The van der Waals surface area contributed by atoms with Crippen molar-refractivity contribution in [1.29, 1.82) is 0 Å². The summed E-state index contributed by atoms with van der Waals surface area (Å²) in [5.41, 5.74) is 0.832. The van der Waals surface area contributed by atoms with Crippen LogP contribution in [0, 0.1) is 0 Å². The van der Waals surface area contributed by atoms with Crippen molar-refractivity contribution >= 4 is 16.9 Å². The van der Waals surface area contributed by atoms with Gasteiger partial charge in [0.15, 0.2) is 5.65 Å². The summed E-state index contributed by atoms with van der Waals surface area (Å²) in [5.74, 6) is 1.93. The summed E-state index contributed by atoms with van der Waals surface area (Å²) in [6.45, 7) is 15.0. The van der Waals surface area contributed by atoms with Gasteiger partial charge in [-0.2, -0.15) is 5.10 Å². The SMILES string of the molecule is C[C@@H]1CN(C2CCN(c3nc(C(C)(C)C)nc4c3cnn4C)CC2)C[C@H](C)O1. The monoisotopic (exact) mass is 386 g/mol. The minimum Gasteiger partial charge on any atom is -0.373 e. The van der Waals surface area contributed by atoms with Crippen molar-refractivity contribution in [2.24, 2.45) is 7.05 Å². The van der Waals surface area contributed by atoms with E-state index in [1.54, 1.807) is 0 Å². The maximum absolute atomic E-state index is 5.91. The molecule has 0 aliphatic carbocycles. The van der Waals surface area contributed by atoms with Crippen LogP contribution in [0.25, 0.3) is 11.0 Å². The van der Waals surface area contributed by atoms with Crippen LogP contribution in [0.2, 0.25) is 0 Å². The molecule has 0 aromatic carbocycles. The molecule has 28 heavy (non-hydrogen) atoms. The van der Waals surface area contributed by atoms with E-state index >= 15 is 0 Å². The molecule has 154 valence electrons. The summed E-state index contributed by atoms with van der Waals surface area (Å²) in [4.78, 5) is 14.9. The molecule has 2 aliphatic rings. The standard InChI is InChI=1S/C21H34N6O/c1-14-12-27(13-15(2)28-14)16-7-9-26(10-8-16)19-17-11-22-25(6)18(17)23-20(24-19)21(3,4)5/h11,14-16H,7-10,12-13H2,1-6H3/t14-,15+. The molecule has 0 saturated carbocycles. The molecule has 2 aromatic heterocycles. The molecule has 0 radical (unpaired) electrons. The number of piperidine rings is 1. The highest BCUT2D eigenvalue weighted by atomic mass is 16.5. The van der Waals surface area contributed by atoms with Crippen molar-refractivity contribution in [3.63, 3.8) is 0 Å². The van der Waals surface area contributed by atoms with Gasteiger partial charge in [0.25, 0.3) is 0 Å². The number of morpholine rings is 1. The van der Waals surface area contributed by atoms with Crippen molar-refractivity contribution in [2.45, 2.75) is 71.1 Å². The summed E-state index contributed by atoms with van der Waals surface area (Å²) >= 11 is 0. The molecule has 2 saturated heterocycles. The third-order valence-electron chi connectivity index (χ3n) is 5.97. The van der Waals surface area contributed by atoms with Crippen LogP contribution in [0.4, 0.5) is 5.82 Å². The number of ether oxygens (including phenoxy) is 1. The van der Waals surface area contributed by atoms with Gasteiger partial charge < -0.3 is 9.64 Å².